The van der Waals surface area contributed by atoms with Gasteiger partial charge in [0.2, 0.25) is 10.5 Å². The number of carboxylic acids is 1. The fraction of sp³-hybridized carbons (Fsp3) is 0.333. The Morgan fingerprint density at radius 3 is 2.88 bits per heavy atom. The first-order valence-electron chi connectivity index (χ1n) is 5.19. The minimum atomic E-state index is -0.752. The molecule has 0 amide bonds. The van der Waals surface area contributed by atoms with E-state index in [1.165, 1.54) is 10.3 Å². The number of aryl methyl sites for hydroxylation is 3. The van der Waals surface area contributed by atoms with Crippen LogP contribution in [0, 0.1) is 13.8 Å². The van der Waals surface area contributed by atoms with Gasteiger partial charge in [-0.15, -0.1) is 0 Å². The van der Waals surface area contributed by atoms with Crippen LogP contribution >= 0.6 is 11.3 Å². The third-order valence-corrected chi connectivity index (χ3v) is 3.66. The number of hydrogen-bond acceptors (Lipinski definition) is 2. The third kappa shape index (κ3) is 2.07. The quantitative estimate of drug-likeness (QED) is 0.831. The van der Waals surface area contributed by atoms with Crippen molar-refractivity contribution >= 4 is 27.5 Å². The second kappa shape index (κ2) is 4.22. The number of rotatable bonds is 3. The molecule has 1 N–H and O–H groups in total. The van der Waals surface area contributed by atoms with Crippen LogP contribution in [0.15, 0.2) is 18.2 Å². The average Bonchev–Trinajstić information content (AvgIpc) is 2.50. The van der Waals surface area contributed by atoms with Crippen molar-refractivity contribution < 1.29 is 14.5 Å². The van der Waals surface area contributed by atoms with E-state index in [2.05, 4.69) is 29.7 Å². The number of carboxylic acid groups (broad SMARTS) is 1. The van der Waals surface area contributed by atoms with Crippen LogP contribution in [0.1, 0.15) is 17.0 Å². The van der Waals surface area contributed by atoms with Gasteiger partial charge in [0.15, 0.2) is 6.54 Å². The van der Waals surface area contributed by atoms with Gasteiger partial charge in [-0.05, 0) is 18.6 Å². The van der Waals surface area contributed by atoms with Crippen LogP contribution in [-0.2, 0) is 11.3 Å². The van der Waals surface area contributed by atoms with Crippen molar-refractivity contribution in [1.29, 1.82) is 0 Å². The fourth-order valence-electron chi connectivity index (χ4n) is 1.80. The maximum atomic E-state index is 10.6. The molecule has 0 fully saturated rings. The average molecular weight is 236 g/mol. The summed E-state index contributed by atoms with van der Waals surface area (Å²) in [7, 11) is 0. The van der Waals surface area contributed by atoms with E-state index in [4.69, 9.17) is 5.11 Å². The minimum Gasteiger partial charge on any atom is -0.481 e. The third-order valence-electron chi connectivity index (χ3n) is 2.59. The van der Waals surface area contributed by atoms with E-state index in [0.29, 0.717) is 6.54 Å². The summed E-state index contributed by atoms with van der Waals surface area (Å²) in [5, 5.41) is 9.86. The number of nitrogens with zero attached hydrogens (tertiary/aromatic N) is 1. The van der Waals surface area contributed by atoms with Crippen LogP contribution in [0.5, 0.6) is 0 Å². The first-order valence-corrected chi connectivity index (χ1v) is 6.01. The molecule has 1 aromatic heterocycles. The molecule has 0 saturated carbocycles. The van der Waals surface area contributed by atoms with Gasteiger partial charge >= 0.3 is 5.97 Å². The summed E-state index contributed by atoms with van der Waals surface area (Å²) in [6, 6.07) is 6.27. The molecule has 1 aromatic carbocycles. The van der Waals surface area contributed by atoms with Crippen molar-refractivity contribution in [2.45, 2.75) is 26.8 Å². The SMILES string of the molecule is Cc1ccc2c(c1)sc(C)[n+]2CCC(=O)O. The maximum absolute atomic E-state index is 10.6. The number of aromatic nitrogens is 1. The molecule has 0 saturated heterocycles. The Kier molecular flexibility index (Phi) is 2.92. The van der Waals surface area contributed by atoms with E-state index >= 15 is 0 Å². The highest BCUT2D eigenvalue weighted by atomic mass is 32.1. The molecule has 4 heteroatoms. The second-order valence-electron chi connectivity index (χ2n) is 3.89. The zero-order chi connectivity index (χ0) is 11.7. The number of hydrogen-bond donors (Lipinski definition) is 1. The van der Waals surface area contributed by atoms with Crippen molar-refractivity contribution in [3.63, 3.8) is 0 Å². The van der Waals surface area contributed by atoms with Gasteiger partial charge in [0, 0.05) is 13.0 Å². The Balaban J connectivity index is 2.43. The molecule has 0 spiro atoms. The normalized spacial score (nSPS) is 10.9. The molecule has 0 aliphatic carbocycles. The first-order chi connectivity index (χ1) is 7.58. The molecule has 3 nitrogen and oxygen atoms in total. The number of fused-ring (bicyclic) bond motifs is 1. The summed E-state index contributed by atoms with van der Waals surface area (Å²) in [5.74, 6) is -0.752. The molecule has 84 valence electrons. The molecule has 1 heterocycles. The molecule has 2 aromatic rings. The van der Waals surface area contributed by atoms with Crippen molar-refractivity contribution in [2.75, 3.05) is 0 Å². The zero-order valence-electron chi connectivity index (χ0n) is 9.36. The number of aliphatic carboxylic acids is 1. The minimum absolute atomic E-state index is 0.172. The van der Waals surface area contributed by atoms with Gasteiger partial charge in [0.25, 0.3) is 0 Å². The van der Waals surface area contributed by atoms with Gasteiger partial charge in [-0.1, -0.05) is 17.4 Å². The van der Waals surface area contributed by atoms with Crippen LogP contribution in [0.3, 0.4) is 0 Å². The largest absolute Gasteiger partial charge is 0.481 e. The Morgan fingerprint density at radius 1 is 1.44 bits per heavy atom. The number of benzene rings is 1. The predicted octanol–water partition coefficient (Wildman–Crippen LogP) is 2.28. The summed E-state index contributed by atoms with van der Waals surface area (Å²) in [6.07, 6.45) is 0.172. The van der Waals surface area contributed by atoms with E-state index in [0.717, 1.165) is 10.5 Å². The van der Waals surface area contributed by atoms with Crippen molar-refractivity contribution in [2.24, 2.45) is 0 Å². The predicted molar refractivity (Wildman–Crippen MR) is 63.7 cm³/mol. The molecule has 0 bridgehead atoms. The maximum Gasteiger partial charge on any atom is 0.309 e. The number of thiazole rings is 1. The van der Waals surface area contributed by atoms with Crippen LogP contribution in [-0.4, -0.2) is 11.1 Å². The summed E-state index contributed by atoms with van der Waals surface area (Å²) >= 11 is 1.71. The smallest absolute Gasteiger partial charge is 0.309 e. The lowest BCUT2D eigenvalue weighted by atomic mass is 10.2. The van der Waals surface area contributed by atoms with Crippen molar-refractivity contribution in [3.8, 4) is 0 Å². The van der Waals surface area contributed by atoms with Gasteiger partial charge in [0.05, 0.1) is 0 Å². The first kappa shape index (κ1) is 11.1. The van der Waals surface area contributed by atoms with Gasteiger partial charge in [-0.2, -0.15) is 4.57 Å². The van der Waals surface area contributed by atoms with Crippen molar-refractivity contribution in [3.05, 3.63) is 28.8 Å². The Hall–Kier alpha value is -1.42. The van der Waals surface area contributed by atoms with Crippen LogP contribution in [0.4, 0.5) is 0 Å². The van der Waals surface area contributed by atoms with Gasteiger partial charge in [-0.25, -0.2) is 0 Å². The van der Waals surface area contributed by atoms with Gasteiger partial charge in [-0.3, -0.25) is 4.79 Å². The van der Waals surface area contributed by atoms with Gasteiger partial charge < -0.3 is 5.11 Å². The van der Waals surface area contributed by atoms with Crippen LogP contribution in [0.25, 0.3) is 10.2 Å². The molecule has 0 aliphatic rings. The van der Waals surface area contributed by atoms with E-state index in [1.54, 1.807) is 11.3 Å². The second-order valence-corrected chi connectivity index (χ2v) is 5.12. The molecule has 0 atom stereocenters. The summed E-state index contributed by atoms with van der Waals surface area (Å²) in [5.41, 5.74) is 2.37. The summed E-state index contributed by atoms with van der Waals surface area (Å²) < 4.78 is 3.30. The standard InChI is InChI=1S/C12H13NO2S/c1-8-3-4-10-11(7-8)16-9(2)13(10)6-5-12(14)15/h3-4,7H,5-6H2,1-2H3/p+1. The molecular weight excluding hydrogens is 222 g/mol. The monoisotopic (exact) mass is 236 g/mol. The molecule has 0 unspecified atom stereocenters. The molecule has 2 rings (SSSR count). The number of carbonyl (C=O) groups is 1. The Labute approximate surface area is 98.0 Å². The lowest BCUT2D eigenvalue weighted by Gasteiger charge is -1.94. The summed E-state index contributed by atoms with van der Waals surface area (Å²) in [6.45, 7) is 4.64. The Bertz CT molecular complexity index is 545. The molecule has 0 radical (unpaired) electrons. The van der Waals surface area contributed by atoms with Gasteiger partial charge in [0.1, 0.15) is 11.1 Å². The lowest BCUT2D eigenvalue weighted by molar-refractivity contribution is -0.671. The highest BCUT2D eigenvalue weighted by molar-refractivity contribution is 7.18. The zero-order valence-corrected chi connectivity index (χ0v) is 10.2. The van der Waals surface area contributed by atoms with E-state index < -0.39 is 5.97 Å². The van der Waals surface area contributed by atoms with Crippen LogP contribution in [0.2, 0.25) is 0 Å². The topological polar surface area (TPSA) is 41.2 Å². The van der Waals surface area contributed by atoms with E-state index in [9.17, 15) is 4.79 Å². The highest BCUT2D eigenvalue weighted by Gasteiger charge is 2.17. The fourth-order valence-corrected chi connectivity index (χ4v) is 2.94. The Morgan fingerprint density at radius 2 is 2.19 bits per heavy atom. The summed E-state index contributed by atoms with van der Waals surface area (Å²) in [4.78, 5) is 10.6. The van der Waals surface area contributed by atoms with Crippen LogP contribution < -0.4 is 4.57 Å². The lowest BCUT2D eigenvalue weighted by Crippen LogP contribution is -2.36. The van der Waals surface area contributed by atoms with E-state index in [1.807, 2.05) is 6.92 Å². The molecule has 16 heavy (non-hydrogen) atoms. The molecule has 0 aliphatic heterocycles. The highest BCUT2D eigenvalue weighted by Crippen LogP contribution is 2.21. The van der Waals surface area contributed by atoms with Crippen molar-refractivity contribution in [1.82, 2.24) is 0 Å². The molecular formula is C12H14NO2S+. The van der Waals surface area contributed by atoms with E-state index in [-0.39, 0.29) is 6.42 Å².